The number of rotatable bonds is 4. The van der Waals surface area contributed by atoms with Gasteiger partial charge < -0.3 is 4.74 Å². The van der Waals surface area contributed by atoms with Crippen LogP contribution in [0.3, 0.4) is 0 Å². The number of alkyl halides is 2. The van der Waals surface area contributed by atoms with Crippen molar-refractivity contribution in [3.63, 3.8) is 0 Å². The standard InChI is InChI=1S/C16H14ClFO/c17-10-3-7-15-14-6-2-1-5-13(14)8-9-16(15)19-12-4-11-18/h1-2,5-6,8-9H,4,10-12H2. The van der Waals surface area contributed by atoms with E-state index in [1.54, 1.807) is 0 Å². The third-order valence-corrected chi connectivity index (χ3v) is 2.84. The number of hydrogen-bond acceptors (Lipinski definition) is 1. The van der Waals surface area contributed by atoms with Gasteiger partial charge in [0.2, 0.25) is 0 Å². The molecule has 1 nitrogen and oxygen atoms in total. The maximum Gasteiger partial charge on any atom is 0.135 e. The molecule has 0 aromatic heterocycles. The van der Waals surface area contributed by atoms with Crippen molar-refractivity contribution in [3.05, 3.63) is 42.0 Å². The van der Waals surface area contributed by atoms with Crippen LogP contribution in [0, 0.1) is 11.8 Å². The summed E-state index contributed by atoms with van der Waals surface area (Å²) in [6, 6.07) is 11.8. The number of halogens is 2. The van der Waals surface area contributed by atoms with Crippen LogP contribution < -0.4 is 4.74 Å². The van der Waals surface area contributed by atoms with E-state index in [-0.39, 0.29) is 12.6 Å². The van der Waals surface area contributed by atoms with Gasteiger partial charge >= 0.3 is 0 Å². The van der Waals surface area contributed by atoms with Gasteiger partial charge in [-0.25, -0.2) is 0 Å². The fraction of sp³-hybridized carbons (Fsp3) is 0.250. The van der Waals surface area contributed by atoms with Gasteiger partial charge in [0.05, 0.1) is 24.7 Å². The van der Waals surface area contributed by atoms with E-state index in [1.165, 1.54) is 0 Å². The minimum atomic E-state index is -0.379. The molecular weight excluding hydrogens is 263 g/mol. The SMILES string of the molecule is FCCCOc1ccc2ccccc2c1C#CCCl. The molecule has 3 heteroatoms. The van der Waals surface area contributed by atoms with Crippen molar-refractivity contribution in [2.45, 2.75) is 6.42 Å². The molecule has 2 aromatic carbocycles. The van der Waals surface area contributed by atoms with E-state index < -0.39 is 0 Å². The molecule has 0 saturated carbocycles. The summed E-state index contributed by atoms with van der Waals surface area (Å²) in [6.07, 6.45) is 0.384. The Hall–Kier alpha value is -1.72. The molecule has 0 aliphatic heterocycles. The molecule has 0 atom stereocenters. The zero-order chi connectivity index (χ0) is 13.5. The predicted octanol–water partition coefficient (Wildman–Crippen LogP) is 4.17. The Labute approximate surface area is 117 Å². The highest BCUT2D eigenvalue weighted by molar-refractivity contribution is 6.19. The van der Waals surface area contributed by atoms with Crippen LogP contribution in [0.4, 0.5) is 4.39 Å². The zero-order valence-corrected chi connectivity index (χ0v) is 11.2. The van der Waals surface area contributed by atoms with E-state index in [1.807, 2.05) is 36.4 Å². The Balaban J connectivity index is 2.44. The van der Waals surface area contributed by atoms with Gasteiger partial charge in [-0.05, 0) is 11.5 Å². The molecule has 0 amide bonds. The summed E-state index contributed by atoms with van der Waals surface area (Å²) in [7, 11) is 0. The van der Waals surface area contributed by atoms with E-state index in [9.17, 15) is 4.39 Å². The van der Waals surface area contributed by atoms with E-state index in [0.29, 0.717) is 18.8 Å². The molecule has 0 fully saturated rings. The Morgan fingerprint density at radius 3 is 2.79 bits per heavy atom. The van der Waals surface area contributed by atoms with Crippen LogP contribution in [-0.4, -0.2) is 19.2 Å². The number of hydrogen-bond donors (Lipinski definition) is 0. The van der Waals surface area contributed by atoms with Crippen molar-refractivity contribution in [2.24, 2.45) is 0 Å². The first-order valence-corrected chi connectivity index (χ1v) is 6.65. The highest BCUT2D eigenvalue weighted by atomic mass is 35.5. The summed E-state index contributed by atoms with van der Waals surface area (Å²) in [5, 5.41) is 2.12. The lowest BCUT2D eigenvalue weighted by Crippen LogP contribution is -2.00. The van der Waals surface area contributed by atoms with Crippen molar-refractivity contribution in [1.29, 1.82) is 0 Å². The van der Waals surface area contributed by atoms with E-state index >= 15 is 0 Å². The van der Waals surface area contributed by atoms with Crippen LogP contribution in [0.5, 0.6) is 5.75 Å². The molecule has 98 valence electrons. The second-order valence-corrected chi connectivity index (χ2v) is 4.25. The van der Waals surface area contributed by atoms with E-state index in [4.69, 9.17) is 16.3 Å². The Morgan fingerprint density at radius 1 is 1.16 bits per heavy atom. The van der Waals surface area contributed by atoms with Crippen LogP contribution in [0.25, 0.3) is 10.8 Å². The van der Waals surface area contributed by atoms with Crippen LogP contribution in [0.15, 0.2) is 36.4 Å². The minimum Gasteiger partial charge on any atom is -0.492 e. The number of ether oxygens (including phenoxy) is 1. The molecular formula is C16H14ClFO. The summed E-state index contributed by atoms with van der Waals surface area (Å²) in [4.78, 5) is 0. The van der Waals surface area contributed by atoms with Gasteiger partial charge in [-0.3, -0.25) is 4.39 Å². The fourth-order valence-electron chi connectivity index (χ4n) is 1.86. The lowest BCUT2D eigenvalue weighted by Gasteiger charge is -2.10. The van der Waals surface area contributed by atoms with Gasteiger partial charge in [0, 0.05) is 11.8 Å². The van der Waals surface area contributed by atoms with E-state index in [2.05, 4.69) is 11.8 Å². The first-order chi connectivity index (χ1) is 9.36. The molecule has 2 rings (SSSR count). The molecule has 0 aliphatic rings. The highest BCUT2D eigenvalue weighted by Crippen LogP contribution is 2.27. The first kappa shape index (κ1) is 13.7. The summed E-state index contributed by atoms with van der Waals surface area (Å²) in [5.74, 6) is 6.84. The normalized spacial score (nSPS) is 10.0. The van der Waals surface area contributed by atoms with Crippen molar-refractivity contribution in [1.82, 2.24) is 0 Å². The summed E-state index contributed by atoms with van der Waals surface area (Å²) in [6.45, 7) is -0.0271. The zero-order valence-electron chi connectivity index (χ0n) is 10.5. The molecule has 0 radical (unpaired) electrons. The fourth-order valence-corrected chi connectivity index (χ4v) is 1.93. The topological polar surface area (TPSA) is 9.23 Å². The second kappa shape index (κ2) is 7.01. The van der Waals surface area contributed by atoms with E-state index in [0.717, 1.165) is 16.3 Å². The molecule has 0 aliphatic carbocycles. The minimum absolute atomic E-state index is 0.271. The smallest absolute Gasteiger partial charge is 0.135 e. The number of fused-ring (bicyclic) bond motifs is 1. The maximum atomic E-state index is 12.1. The molecule has 0 N–H and O–H groups in total. The third kappa shape index (κ3) is 3.39. The summed E-state index contributed by atoms with van der Waals surface area (Å²) in [5.41, 5.74) is 0.817. The van der Waals surface area contributed by atoms with Crippen LogP contribution >= 0.6 is 11.6 Å². The third-order valence-electron chi connectivity index (χ3n) is 2.71. The van der Waals surface area contributed by atoms with Gasteiger partial charge in [-0.2, -0.15) is 0 Å². The van der Waals surface area contributed by atoms with Crippen molar-refractivity contribution in [3.8, 4) is 17.6 Å². The highest BCUT2D eigenvalue weighted by Gasteiger charge is 2.06. The summed E-state index contributed by atoms with van der Waals surface area (Å²) < 4.78 is 17.7. The first-order valence-electron chi connectivity index (χ1n) is 6.12. The molecule has 0 saturated heterocycles. The van der Waals surface area contributed by atoms with Gasteiger partial charge in [-0.15, -0.1) is 11.6 Å². The number of benzene rings is 2. The van der Waals surface area contributed by atoms with Crippen molar-refractivity contribution < 1.29 is 9.13 Å². The monoisotopic (exact) mass is 276 g/mol. The Bertz CT molecular complexity index is 613. The average molecular weight is 277 g/mol. The van der Waals surface area contributed by atoms with Gasteiger partial charge in [0.25, 0.3) is 0 Å². The van der Waals surface area contributed by atoms with Gasteiger partial charge in [0.1, 0.15) is 5.75 Å². The second-order valence-electron chi connectivity index (χ2n) is 3.99. The lowest BCUT2D eigenvalue weighted by molar-refractivity contribution is 0.289. The average Bonchev–Trinajstić information content (AvgIpc) is 2.46. The Kier molecular flexibility index (Phi) is 5.06. The molecule has 0 unspecified atom stereocenters. The molecule has 0 spiro atoms. The van der Waals surface area contributed by atoms with Crippen LogP contribution in [0.1, 0.15) is 12.0 Å². The maximum absolute atomic E-state index is 12.1. The Morgan fingerprint density at radius 2 is 2.00 bits per heavy atom. The molecule has 0 bridgehead atoms. The van der Waals surface area contributed by atoms with Gasteiger partial charge in [0.15, 0.2) is 0 Å². The lowest BCUT2D eigenvalue weighted by atomic mass is 10.0. The predicted molar refractivity (Wildman–Crippen MR) is 77.6 cm³/mol. The van der Waals surface area contributed by atoms with Crippen molar-refractivity contribution in [2.75, 3.05) is 19.2 Å². The molecule has 19 heavy (non-hydrogen) atoms. The summed E-state index contributed by atoms with van der Waals surface area (Å²) >= 11 is 5.62. The largest absolute Gasteiger partial charge is 0.492 e. The quantitative estimate of drug-likeness (QED) is 0.463. The van der Waals surface area contributed by atoms with Crippen LogP contribution in [-0.2, 0) is 0 Å². The van der Waals surface area contributed by atoms with Crippen molar-refractivity contribution >= 4 is 22.4 Å². The van der Waals surface area contributed by atoms with Gasteiger partial charge in [-0.1, -0.05) is 42.2 Å². The van der Waals surface area contributed by atoms with Crippen LogP contribution in [0.2, 0.25) is 0 Å². The molecule has 0 heterocycles. The molecule has 2 aromatic rings.